The number of carbonyl (C=O) groups is 1. The predicted octanol–water partition coefficient (Wildman–Crippen LogP) is 3.57. The van der Waals surface area contributed by atoms with Crippen molar-refractivity contribution < 1.29 is 28.8 Å². The molecular weight excluding hydrogens is 532 g/mol. The Morgan fingerprint density at radius 3 is 2.45 bits per heavy atom. The molecule has 0 fully saturated rings. The summed E-state index contributed by atoms with van der Waals surface area (Å²) in [6.45, 7) is 6.71. The highest BCUT2D eigenvalue weighted by Gasteiger charge is 2.31. The maximum atomic E-state index is 13.7. The summed E-state index contributed by atoms with van der Waals surface area (Å²) >= 11 is 7.34. The van der Waals surface area contributed by atoms with E-state index in [2.05, 4.69) is 4.99 Å². The van der Waals surface area contributed by atoms with Crippen LogP contribution in [0.1, 0.15) is 37.9 Å². The Morgan fingerprint density at radius 2 is 1.76 bits per heavy atom. The third kappa shape index (κ3) is 5.27. The lowest BCUT2D eigenvalue weighted by Crippen LogP contribution is -2.39. The van der Waals surface area contributed by atoms with E-state index in [4.69, 9.17) is 30.5 Å². The molecule has 200 valence electrons. The summed E-state index contributed by atoms with van der Waals surface area (Å²) in [5, 5.41) is 10.3. The third-order valence-electron chi connectivity index (χ3n) is 5.66. The smallest absolute Gasteiger partial charge is 0.337 e. The predicted molar refractivity (Wildman–Crippen MR) is 144 cm³/mol. The molecule has 0 amide bonds. The zero-order valence-electron chi connectivity index (χ0n) is 21.3. The fourth-order valence-electron chi connectivity index (χ4n) is 4.08. The minimum absolute atomic E-state index is 0.0960. The summed E-state index contributed by atoms with van der Waals surface area (Å²) in [4.78, 5) is 31.3. The molecule has 1 atom stereocenters. The van der Waals surface area contributed by atoms with Gasteiger partial charge in [-0.25, -0.2) is 9.79 Å². The van der Waals surface area contributed by atoms with Crippen LogP contribution in [0.4, 0.5) is 0 Å². The molecule has 0 unspecified atom stereocenters. The fourth-order valence-corrected chi connectivity index (χ4v) is 5.27. The van der Waals surface area contributed by atoms with Crippen LogP contribution in [0.3, 0.4) is 0 Å². The number of methoxy groups -OCH3 is 1. The Morgan fingerprint density at radius 1 is 1.08 bits per heavy atom. The summed E-state index contributed by atoms with van der Waals surface area (Å²) in [5.74, 6) is 0.491. The van der Waals surface area contributed by atoms with Gasteiger partial charge in [-0.05, 0) is 62.2 Å². The number of hydrogen-bond acceptors (Lipinski definition) is 9. The SMILES string of the molecule is CCOc1ccc([C@H]2C(C(=O)OC)=CN=c3s/c(=C\c4cc(Cl)c(O)c(OCC)c4)c(=O)n32)cc1OCC. The van der Waals surface area contributed by atoms with Gasteiger partial charge in [0.2, 0.25) is 0 Å². The topological polar surface area (TPSA) is 109 Å². The Hall–Kier alpha value is -3.76. The number of aromatic nitrogens is 1. The molecule has 3 aromatic rings. The van der Waals surface area contributed by atoms with Gasteiger partial charge in [0.1, 0.15) is 0 Å². The first-order valence-electron chi connectivity index (χ1n) is 12.0. The number of carbonyl (C=O) groups excluding carboxylic acids is 1. The number of benzene rings is 2. The lowest BCUT2D eigenvalue weighted by molar-refractivity contribution is -0.136. The normalized spacial score (nSPS) is 14.8. The molecule has 1 aromatic heterocycles. The van der Waals surface area contributed by atoms with E-state index < -0.39 is 12.0 Å². The van der Waals surface area contributed by atoms with Gasteiger partial charge in [-0.3, -0.25) is 9.36 Å². The van der Waals surface area contributed by atoms with Crippen LogP contribution >= 0.6 is 22.9 Å². The van der Waals surface area contributed by atoms with Crippen LogP contribution in [0.15, 0.2) is 51.9 Å². The van der Waals surface area contributed by atoms with Gasteiger partial charge in [0.25, 0.3) is 5.56 Å². The van der Waals surface area contributed by atoms with Gasteiger partial charge >= 0.3 is 5.97 Å². The second kappa shape index (κ2) is 11.7. The number of aromatic hydroxyl groups is 1. The van der Waals surface area contributed by atoms with Crippen molar-refractivity contribution >= 4 is 35.0 Å². The van der Waals surface area contributed by atoms with Crippen LogP contribution in [-0.2, 0) is 9.53 Å². The van der Waals surface area contributed by atoms with E-state index in [9.17, 15) is 14.7 Å². The number of rotatable bonds is 9. The Labute approximate surface area is 227 Å². The molecule has 11 heteroatoms. The average molecular weight is 559 g/mol. The van der Waals surface area contributed by atoms with Gasteiger partial charge in [-0.15, -0.1) is 0 Å². The van der Waals surface area contributed by atoms with Gasteiger partial charge in [0.15, 0.2) is 27.8 Å². The molecule has 38 heavy (non-hydrogen) atoms. The van der Waals surface area contributed by atoms with Crippen molar-refractivity contribution in [3.05, 3.63) is 77.9 Å². The molecule has 0 saturated heterocycles. The molecule has 2 heterocycles. The number of phenolic OH excluding ortho intramolecular Hbond substituents is 1. The molecule has 0 bridgehead atoms. The number of ether oxygens (including phenoxy) is 4. The van der Waals surface area contributed by atoms with Crippen molar-refractivity contribution in [2.75, 3.05) is 26.9 Å². The van der Waals surface area contributed by atoms with Crippen LogP contribution in [0.5, 0.6) is 23.0 Å². The van der Waals surface area contributed by atoms with E-state index in [-0.39, 0.29) is 27.7 Å². The van der Waals surface area contributed by atoms with Crippen LogP contribution in [-0.4, -0.2) is 42.6 Å². The average Bonchev–Trinajstić information content (AvgIpc) is 3.22. The highest BCUT2D eigenvalue weighted by Crippen LogP contribution is 2.36. The van der Waals surface area contributed by atoms with Crippen molar-refractivity contribution in [1.29, 1.82) is 0 Å². The van der Waals surface area contributed by atoms with Gasteiger partial charge in [0, 0.05) is 6.20 Å². The highest BCUT2D eigenvalue weighted by atomic mass is 35.5. The monoisotopic (exact) mass is 558 g/mol. The van der Waals surface area contributed by atoms with Gasteiger partial charge < -0.3 is 24.1 Å². The zero-order valence-corrected chi connectivity index (χ0v) is 22.9. The molecule has 0 saturated carbocycles. The van der Waals surface area contributed by atoms with Crippen molar-refractivity contribution in [2.45, 2.75) is 26.8 Å². The number of fused-ring (bicyclic) bond motifs is 1. The Bertz CT molecular complexity index is 1580. The highest BCUT2D eigenvalue weighted by molar-refractivity contribution is 7.07. The van der Waals surface area contributed by atoms with Crippen LogP contribution < -0.4 is 29.1 Å². The minimum Gasteiger partial charge on any atom is -0.503 e. The van der Waals surface area contributed by atoms with E-state index in [1.807, 2.05) is 13.8 Å². The molecule has 0 aliphatic carbocycles. The molecular formula is C27H27ClN2O7S. The fraction of sp³-hybridized carbons (Fsp3) is 0.296. The first-order valence-corrected chi connectivity index (χ1v) is 13.2. The van der Waals surface area contributed by atoms with Gasteiger partial charge in [0.05, 0.1) is 48.1 Å². The first kappa shape index (κ1) is 27.3. The lowest BCUT2D eigenvalue weighted by Gasteiger charge is -2.23. The maximum Gasteiger partial charge on any atom is 0.337 e. The summed E-state index contributed by atoms with van der Waals surface area (Å²) < 4.78 is 23.7. The molecule has 1 aliphatic heterocycles. The van der Waals surface area contributed by atoms with Crippen LogP contribution in [0, 0.1) is 0 Å². The van der Waals surface area contributed by atoms with Gasteiger partial charge in [-0.1, -0.05) is 29.0 Å². The van der Waals surface area contributed by atoms with E-state index in [0.29, 0.717) is 51.8 Å². The number of nitrogens with zero attached hydrogens (tertiary/aromatic N) is 2. The Balaban J connectivity index is 1.90. The molecule has 1 N–H and O–H groups in total. The summed E-state index contributed by atoms with van der Waals surface area (Å²) in [6.07, 6.45) is 3.06. The third-order valence-corrected chi connectivity index (χ3v) is 6.94. The molecule has 4 rings (SSSR count). The number of phenols is 1. The minimum atomic E-state index is -0.807. The van der Waals surface area contributed by atoms with Crippen molar-refractivity contribution in [1.82, 2.24) is 4.57 Å². The second-order valence-electron chi connectivity index (χ2n) is 8.03. The molecule has 1 aliphatic rings. The zero-order chi connectivity index (χ0) is 27.4. The van der Waals surface area contributed by atoms with Crippen LogP contribution in [0.25, 0.3) is 6.08 Å². The summed E-state index contributed by atoms with van der Waals surface area (Å²) in [6, 6.07) is 7.62. The van der Waals surface area contributed by atoms with E-state index in [0.717, 1.165) is 11.3 Å². The number of thiazole rings is 1. The van der Waals surface area contributed by atoms with E-state index >= 15 is 0 Å². The van der Waals surface area contributed by atoms with Gasteiger partial charge in [-0.2, -0.15) is 0 Å². The standard InChI is InChI=1S/C27H27ClN2O7S/c1-5-35-19-9-8-16(13-20(19)36-6-2)23-17(26(33)34-4)14-29-27-30(23)25(32)22(38-27)12-15-10-18(28)24(31)21(11-15)37-7-3/h8-14,23,31H,5-7H2,1-4H3/b22-12-/t23-/m0/s1. The summed E-state index contributed by atoms with van der Waals surface area (Å²) in [7, 11) is 1.28. The largest absolute Gasteiger partial charge is 0.503 e. The quantitative estimate of drug-likeness (QED) is 0.400. The Kier molecular flexibility index (Phi) is 8.43. The van der Waals surface area contributed by atoms with Crippen molar-refractivity contribution in [3.8, 4) is 23.0 Å². The maximum absolute atomic E-state index is 13.7. The number of hydrogen-bond donors (Lipinski definition) is 1. The lowest BCUT2D eigenvalue weighted by atomic mass is 9.97. The second-order valence-corrected chi connectivity index (χ2v) is 9.45. The molecule has 0 spiro atoms. The molecule has 2 aromatic carbocycles. The molecule has 9 nitrogen and oxygen atoms in total. The molecule has 0 radical (unpaired) electrons. The van der Waals surface area contributed by atoms with Crippen LogP contribution in [0.2, 0.25) is 5.02 Å². The van der Waals surface area contributed by atoms with Crippen molar-refractivity contribution in [2.24, 2.45) is 4.99 Å². The summed E-state index contributed by atoms with van der Waals surface area (Å²) in [5.41, 5.74) is 1.03. The van der Waals surface area contributed by atoms with E-state index in [1.54, 1.807) is 37.3 Å². The van der Waals surface area contributed by atoms with Crippen molar-refractivity contribution in [3.63, 3.8) is 0 Å². The number of esters is 1. The first-order chi connectivity index (χ1) is 18.3. The number of halogens is 1. The van der Waals surface area contributed by atoms with E-state index in [1.165, 1.54) is 23.9 Å².